The van der Waals surface area contributed by atoms with Crippen LogP contribution in [0.25, 0.3) is 0 Å². The van der Waals surface area contributed by atoms with Crippen LogP contribution in [0.4, 0.5) is 0 Å². The third kappa shape index (κ3) is 3.70. The highest BCUT2D eigenvalue weighted by molar-refractivity contribution is 9.10. The fourth-order valence-corrected chi connectivity index (χ4v) is 2.59. The number of halogens is 2. The van der Waals surface area contributed by atoms with Crippen molar-refractivity contribution >= 4 is 37.8 Å². The summed E-state index contributed by atoms with van der Waals surface area (Å²) in [4.78, 5) is 14.2. The molecule has 0 fully saturated rings. The Bertz CT molecular complexity index is 623. The number of nitrogens with zero attached hydrogens (tertiary/aromatic N) is 1. The summed E-state index contributed by atoms with van der Waals surface area (Å²) < 4.78 is 1.96. The van der Waals surface area contributed by atoms with Crippen molar-refractivity contribution in [2.45, 2.75) is 13.5 Å². The minimum atomic E-state index is 0.0340. The average Bonchev–Trinajstić information content (AvgIpc) is 2.43. The van der Waals surface area contributed by atoms with Crippen LogP contribution >= 0.6 is 31.9 Å². The zero-order chi connectivity index (χ0) is 14.7. The molecule has 0 bridgehead atoms. The monoisotopic (exact) mass is 395 g/mol. The summed E-state index contributed by atoms with van der Waals surface area (Å²) in [6.07, 6.45) is 0. The Hall–Kier alpha value is -1.13. The molecule has 104 valence electrons. The van der Waals surface area contributed by atoms with Crippen molar-refractivity contribution in [3.8, 4) is 0 Å². The SMILES string of the molecule is Cc1ccc(Br)cc1C(=O)N(C)Cc1ccc(Br)cc1. The Kier molecular flexibility index (Phi) is 5.00. The predicted octanol–water partition coefficient (Wildman–Crippen LogP) is 4.79. The summed E-state index contributed by atoms with van der Waals surface area (Å²) >= 11 is 6.82. The highest BCUT2D eigenvalue weighted by Gasteiger charge is 2.14. The first kappa shape index (κ1) is 15.3. The quantitative estimate of drug-likeness (QED) is 0.730. The summed E-state index contributed by atoms with van der Waals surface area (Å²) in [6, 6.07) is 13.8. The van der Waals surface area contributed by atoms with Crippen molar-refractivity contribution in [3.63, 3.8) is 0 Å². The molecule has 0 heterocycles. The fourth-order valence-electron chi connectivity index (χ4n) is 1.97. The molecule has 0 unspecified atom stereocenters. The lowest BCUT2D eigenvalue weighted by molar-refractivity contribution is 0.0784. The molecule has 2 rings (SSSR count). The van der Waals surface area contributed by atoms with Crippen molar-refractivity contribution < 1.29 is 4.79 Å². The smallest absolute Gasteiger partial charge is 0.254 e. The van der Waals surface area contributed by atoms with Gasteiger partial charge in [0.05, 0.1) is 0 Å². The minimum Gasteiger partial charge on any atom is -0.337 e. The molecule has 0 saturated heterocycles. The van der Waals surface area contributed by atoms with Gasteiger partial charge in [0, 0.05) is 28.1 Å². The molecule has 0 aliphatic rings. The lowest BCUT2D eigenvalue weighted by Gasteiger charge is -2.18. The second-order valence-electron chi connectivity index (χ2n) is 4.75. The van der Waals surface area contributed by atoms with Crippen LogP contribution in [0.15, 0.2) is 51.4 Å². The molecule has 0 radical (unpaired) electrons. The first-order valence-electron chi connectivity index (χ1n) is 6.23. The van der Waals surface area contributed by atoms with E-state index in [1.807, 2.05) is 56.4 Å². The van der Waals surface area contributed by atoms with Crippen LogP contribution in [0.2, 0.25) is 0 Å². The Balaban J connectivity index is 2.16. The zero-order valence-electron chi connectivity index (χ0n) is 11.4. The molecule has 0 aliphatic carbocycles. The maximum atomic E-state index is 12.5. The van der Waals surface area contributed by atoms with Gasteiger partial charge >= 0.3 is 0 Å². The van der Waals surface area contributed by atoms with Crippen molar-refractivity contribution in [2.24, 2.45) is 0 Å². The van der Waals surface area contributed by atoms with Gasteiger partial charge in [-0.15, -0.1) is 0 Å². The summed E-state index contributed by atoms with van der Waals surface area (Å²) in [5.74, 6) is 0.0340. The van der Waals surface area contributed by atoms with E-state index < -0.39 is 0 Å². The van der Waals surface area contributed by atoms with Crippen LogP contribution in [0.3, 0.4) is 0 Å². The standard InChI is InChI=1S/C16H15Br2NO/c1-11-3-6-14(18)9-15(11)16(20)19(2)10-12-4-7-13(17)8-5-12/h3-9H,10H2,1-2H3. The summed E-state index contributed by atoms with van der Waals surface area (Å²) in [7, 11) is 1.82. The molecule has 0 atom stereocenters. The van der Waals surface area contributed by atoms with E-state index in [1.54, 1.807) is 4.90 Å². The van der Waals surface area contributed by atoms with Gasteiger partial charge in [0.15, 0.2) is 0 Å². The van der Waals surface area contributed by atoms with E-state index in [4.69, 9.17) is 0 Å². The van der Waals surface area contributed by atoms with Crippen LogP contribution in [-0.2, 0) is 6.54 Å². The molecule has 0 saturated carbocycles. The second kappa shape index (κ2) is 6.55. The predicted molar refractivity (Wildman–Crippen MR) is 88.8 cm³/mol. The maximum absolute atomic E-state index is 12.5. The van der Waals surface area contributed by atoms with E-state index in [-0.39, 0.29) is 5.91 Å². The molecular weight excluding hydrogens is 382 g/mol. The van der Waals surface area contributed by atoms with E-state index in [9.17, 15) is 4.79 Å². The molecule has 0 aliphatic heterocycles. The lowest BCUT2D eigenvalue weighted by Crippen LogP contribution is -2.26. The van der Waals surface area contributed by atoms with Crippen molar-refractivity contribution in [1.82, 2.24) is 4.90 Å². The summed E-state index contributed by atoms with van der Waals surface area (Å²) in [5, 5.41) is 0. The molecule has 4 heteroatoms. The highest BCUT2D eigenvalue weighted by Crippen LogP contribution is 2.19. The molecule has 20 heavy (non-hydrogen) atoms. The number of rotatable bonds is 3. The summed E-state index contributed by atoms with van der Waals surface area (Å²) in [5.41, 5.74) is 2.83. The number of carbonyl (C=O) groups is 1. The van der Waals surface area contributed by atoms with Gasteiger partial charge in [0.2, 0.25) is 0 Å². The van der Waals surface area contributed by atoms with Crippen LogP contribution in [0.5, 0.6) is 0 Å². The van der Waals surface area contributed by atoms with Gasteiger partial charge in [0.1, 0.15) is 0 Å². The Labute approximate surface area is 136 Å². The van der Waals surface area contributed by atoms with E-state index in [1.165, 1.54) is 0 Å². The van der Waals surface area contributed by atoms with Gasteiger partial charge in [-0.1, -0.05) is 50.1 Å². The van der Waals surface area contributed by atoms with Gasteiger partial charge in [0.25, 0.3) is 5.91 Å². The van der Waals surface area contributed by atoms with E-state index in [2.05, 4.69) is 31.9 Å². The first-order chi connectivity index (χ1) is 9.47. The number of hydrogen-bond donors (Lipinski definition) is 0. The van der Waals surface area contributed by atoms with Gasteiger partial charge in [-0.05, 0) is 42.3 Å². The van der Waals surface area contributed by atoms with Crippen LogP contribution in [-0.4, -0.2) is 17.9 Å². The summed E-state index contributed by atoms with van der Waals surface area (Å²) in [6.45, 7) is 2.55. The normalized spacial score (nSPS) is 10.4. The third-order valence-electron chi connectivity index (χ3n) is 3.11. The number of hydrogen-bond acceptors (Lipinski definition) is 1. The Morgan fingerprint density at radius 2 is 1.65 bits per heavy atom. The molecule has 2 nitrogen and oxygen atoms in total. The van der Waals surface area contributed by atoms with Crippen LogP contribution < -0.4 is 0 Å². The molecule has 1 amide bonds. The van der Waals surface area contributed by atoms with Crippen molar-refractivity contribution in [1.29, 1.82) is 0 Å². The molecule has 0 N–H and O–H groups in total. The van der Waals surface area contributed by atoms with Crippen molar-refractivity contribution in [3.05, 3.63) is 68.1 Å². The number of amides is 1. The van der Waals surface area contributed by atoms with E-state index in [0.717, 1.165) is 25.6 Å². The maximum Gasteiger partial charge on any atom is 0.254 e. The Morgan fingerprint density at radius 3 is 2.30 bits per heavy atom. The number of carbonyl (C=O) groups excluding carboxylic acids is 1. The van der Waals surface area contributed by atoms with Gasteiger partial charge in [-0.3, -0.25) is 4.79 Å². The topological polar surface area (TPSA) is 20.3 Å². The minimum absolute atomic E-state index is 0.0340. The van der Waals surface area contributed by atoms with E-state index in [0.29, 0.717) is 6.54 Å². The lowest BCUT2D eigenvalue weighted by atomic mass is 10.1. The van der Waals surface area contributed by atoms with Crippen LogP contribution in [0, 0.1) is 6.92 Å². The van der Waals surface area contributed by atoms with Gasteiger partial charge < -0.3 is 4.90 Å². The molecule has 2 aromatic carbocycles. The average molecular weight is 397 g/mol. The zero-order valence-corrected chi connectivity index (χ0v) is 14.5. The number of benzene rings is 2. The highest BCUT2D eigenvalue weighted by atomic mass is 79.9. The molecular formula is C16H15Br2NO. The third-order valence-corrected chi connectivity index (χ3v) is 4.13. The fraction of sp³-hybridized carbons (Fsp3) is 0.188. The largest absolute Gasteiger partial charge is 0.337 e. The molecule has 0 spiro atoms. The molecule has 2 aromatic rings. The van der Waals surface area contributed by atoms with E-state index >= 15 is 0 Å². The molecule has 0 aromatic heterocycles. The Morgan fingerprint density at radius 1 is 1.05 bits per heavy atom. The number of aryl methyl sites for hydroxylation is 1. The first-order valence-corrected chi connectivity index (χ1v) is 7.82. The van der Waals surface area contributed by atoms with Crippen LogP contribution in [0.1, 0.15) is 21.5 Å². The van der Waals surface area contributed by atoms with Gasteiger partial charge in [-0.2, -0.15) is 0 Å². The van der Waals surface area contributed by atoms with Crippen molar-refractivity contribution in [2.75, 3.05) is 7.05 Å². The van der Waals surface area contributed by atoms with Gasteiger partial charge in [-0.25, -0.2) is 0 Å². The second-order valence-corrected chi connectivity index (χ2v) is 6.58.